The van der Waals surface area contributed by atoms with Gasteiger partial charge >= 0.3 is 0 Å². The lowest BCUT2D eigenvalue weighted by Crippen LogP contribution is -2.43. The monoisotopic (exact) mass is 208 g/mol. The average Bonchev–Trinajstić information content (AvgIpc) is 2.27. The quantitative estimate of drug-likeness (QED) is 0.678. The molecule has 0 spiro atoms. The first-order valence-corrected chi connectivity index (χ1v) is 6.32. The normalized spacial score (nSPS) is 22.2. The fourth-order valence-electron chi connectivity index (χ4n) is 2.29. The molecule has 0 aromatic heterocycles. The van der Waals surface area contributed by atoms with Crippen LogP contribution in [0.15, 0.2) is 23.8 Å². The summed E-state index contributed by atoms with van der Waals surface area (Å²) in [7, 11) is 0. The molecular weight excluding hydrogens is 184 g/mol. The van der Waals surface area contributed by atoms with Crippen LogP contribution in [0.4, 0.5) is 0 Å². The molecule has 1 aliphatic heterocycles. The molecule has 1 fully saturated rings. The SMILES string of the molecule is CC.CCCC1(C2=CCCC=C2)COC1. The third-order valence-electron chi connectivity index (χ3n) is 3.09. The van der Waals surface area contributed by atoms with Crippen molar-refractivity contribution in [2.24, 2.45) is 5.41 Å². The summed E-state index contributed by atoms with van der Waals surface area (Å²) in [6.07, 6.45) is 12.0. The van der Waals surface area contributed by atoms with Gasteiger partial charge < -0.3 is 4.74 Å². The summed E-state index contributed by atoms with van der Waals surface area (Å²) in [5, 5.41) is 0. The summed E-state index contributed by atoms with van der Waals surface area (Å²) in [6.45, 7) is 8.14. The lowest BCUT2D eigenvalue weighted by molar-refractivity contribution is -0.0918. The molecule has 0 aromatic rings. The van der Waals surface area contributed by atoms with E-state index in [1.54, 1.807) is 0 Å². The number of rotatable bonds is 3. The maximum atomic E-state index is 5.37. The summed E-state index contributed by atoms with van der Waals surface area (Å²) in [5.74, 6) is 0. The van der Waals surface area contributed by atoms with E-state index in [0.717, 1.165) is 13.2 Å². The highest BCUT2D eigenvalue weighted by molar-refractivity contribution is 5.31. The maximum Gasteiger partial charge on any atom is 0.0585 e. The predicted octanol–water partition coefficient (Wildman–Crippen LogP) is 4.11. The van der Waals surface area contributed by atoms with Gasteiger partial charge in [0.15, 0.2) is 0 Å². The third-order valence-corrected chi connectivity index (χ3v) is 3.09. The van der Waals surface area contributed by atoms with Gasteiger partial charge in [0, 0.05) is 5.41 Å². The second-order valence-corrected chi connectivity index (χ2v) is 4.16. The van der Waals surface area contributed by atoms with E-state index < -0.39 is 0 Å². The summed E-state index contributed by atoms with van der Waals surface area (Å²) in [5.41, 5.74) is 1.93. The van der Waals surface area contributed by atoms with Crippen LogP contribution in [0.1, 0.15) is 46.5 Å². The molecule has 0 N–H and O–H groups in total. The fraction of sp³-hybridized carbons (Fsp3) is 0.714. The molecule has 0 bridgehead atoms. The number of ether oxygens (including phenoxy) is 1. The van der Waals surface area contributed by atoms with E-state index in [1.165, 1.54) is 31.3 Å². The molecule has 0 radical (unpaired) electrons. The van der Waals surface area contributed by atoms with Crippen LogP contribution in [0.2, 0.25) is 0 Å². The molecule has 0 unspecified atom stereocenters. The van der Waals surface area contributed by atoms with Crippen molar-refractivity contribution in [2.45, 2.75) is 46.5 Å². The first-order valence-electron chi connectivity index (χ1n) is 6.32. The molecular formula is C14H24O. The fourth-order valence-corrected chi connectivity index (χ4v) is 2.29. The first kappa shape index (κ1) is 12.5. The Bertz CT molecular complexity index is 234. The number of hydrogen-bond acceptors (Lipinski definition) is 1. The van der Waals surface area contributed by atoms with Crippen molar-refractivity contribution in [3.8, 4) is 0 Å². The van der Waals surface area contributed by atoms with Gasteiger partial charge in [-0.15, -0.1) is 0 Å². The third kappa shape index (κ3) is 2.72. The Hall–Kier alpha value is -0.560. The van der Waals surface area contributed by atoms with Crippen LogP contribution in [0.5, 0.6) is 0 Å². The van der Waals surface area contributed by atoms with Crippen LogP contribution < -0.4 is 0 Å². The highest BCUT2D eigenvalue weighted by atomic mass is 16.5. The standard InChI is InChI=1S/C12H18O.C2H6/c1-2-8-12(9-13-10-12)11-6-4-3-5-7-11;1-2/h4,6-7H,2-3,5,8-10H2,1H3;1-2H3. The van der Waals surface area contributed by atoms with Crippen molar-refractivity contribution in [3.63, 3.8) is 0 Å². The minimum atomic E-state index is 0.395. The lowest BCUT2D eigenvalue weighted by atomic mass is 9.73. The van der Waals surface area contributed by atoms with Gasteiger partial charge in [-0.05, 0) is 24.8 Å². The zero-order chi connectivity index (χ0) is 11.1. The zero-order valence-electron chi connectivity index (χ0n) is 10.4. The molecule has 0 amide bonds. The van der Waals surface area contributed by atoms with Crippen molar-refractivity contribution in [1.82, 2.24) is 0 Å². The summed E-state index contributed by atoms with van der Waals surface area (Å²) >= 11 is 0. The van der Waals surface area contributed by atoms with Gasteiger partial charge in [0.05, 0.1) is 13.2 Å². The predicted molar refractivity (Wildman–Crippen MR) is 66.0 cm³/mol. The molecule has 2 aliphatic rings. The molecule has 0 aromatic carbocycles. The van der Waals surface area contributed by atoms with Gasteiger partial charge in [0.25, 0.3) is 0 Å². The van der Waals surface area contributed by atoms with Crippen molar-refractivity contribution >= 4 is 0 Å². The van der Waals surface area contributed by atoms with Gasteiger partial charge in [0.2, 0.25) is 0 Å². The number of hydrogen-bond donors (Lipinski definition) is 0. The van der Waals surface area contributed by atoms with Gasteiger partial charge in [-0.25, -0.2) is 0 Å². The van der Waals surface area contributed by atoms with Crippen molar-refractivity contribution in [1.29, 1.82) is 0 Å². The van der Waals surface area contributed by atoms with E-state index in [0.29, 0.717) is 5.41 Å². The Morgan fingerprint density at radius 1 is 1.27 bits per heavy atom. The molecule has 2 rings (SSSR count). The minimum absolute atomic E-state index is 0.395. The first-order chi connectivity index (χ1) is 7.37. The van der Waals surface area contributed by atoms with Crippen molar-refractivity contribution < 1.29 is 4.74 Å². The lowest BCUT2D eigenvalue weighted by Gasteiger charge is -2.43. The second kappa shape index (κ2) is 6.12. The van der Waals surface area contributed by atoms with Crippen molar-refractivity contribution in [3.05, 3.63) is 23.8 Å². The van der Waals surface area contributed by atoms with Crippen LogP contribution in [-0.4, -0.2) is 13.2 Å². The van der Waals surface area contributed by atoms with E-state index in [1.807, 2.05) is 13.8 Å². The second-order valence-electron chi connectivity index (χ2n) is 4.16. The summed E-state index contributed by atoms with van der Waals surface area (Å²) < 4.78 is 5.37. The molecule has 1 aliphatic carbocycles. The molecule has 1 heterocycles. The minimum Gasteiger partial charge on any atom is -0.379 e. The van der Waals surface area contributed by atoms with Crippen LogP contribution in [0, 0.1) is 5.41 Å². The Morgan fingerprint density at radius 2 is 2.00 bits per heavy atom. The number of allylic oxidation sites excluding steroid dienone is 3. The molecule has 0 saturated carbocycles. The Morgan fingerprint density at radius 3 is 2.40 bits per heavy atom. The molecule has 1 nitrogen and oxygen atoms in total. The van der Waals surface area contributed by atoms with Gasteiger partial charge in [0.1, 0.15) is 0 Å². The summed E-state index contributed by atoms with van der Waals surface area (Å²) in [6, 6.07) is 0. The Kier molecular flexibility index (Phi) is 5.10. The van der Waals surface area contributed by atoms with E-state index in [4.69, 9.17) is 4.74 Å². The van der Waals surface area contributed by atoms with Crippen LogP contribution in [-0.2, 0) is 4.74 Å². The molecule has 1 heteroatoms. The van der Waals surface area contributed by atoms with Gasteiger partial charge in [-0.3, -0.25) is 0 Å². The molecule has 15 heavy (non-hydrogen) atoms. The topological polar surface area (TPSA) is 9.23 Å². The van der Waals surface area contributed by atoms with Gasteiger partial charge in [-0.1, -0.05) is 45.4 Å². The Labute approximate surface area is 94.2 Å². The van der Waals surface area contributed by atoms with E-state index >= 15 is 0 Å². The molecule has 1 saturated heterocycles. The summed E-state index contributed by atoms with van der Waals surface area (Å²) in [4.78, 5) is 0. The van der Waals surface area contributed by atoms with Crippen LogP contribution in [0.25, 0.3) is 0 Å². The highest BCUT2D eigenvalue weighted by Crippen LogP contribution is 2.41. The smallest absolute Gasteiger partial charge is 0.0585 e. The maximum absolute atomic E-state index is 5.37. The Balaban J connectivity index is 0.000000531. The van der Waals surface area contributed by atoms with E-state index in [9.17, 15) is 0 Å². The highest BCUT2D eigenvalue weighted by Gasteiger charge is 2.40. The molecule has 86 valence electrons. The van der Waals surface area contributed by atoms with E-state index in [2.05, 4.69) is 25.2 Å². The van der Waals surface area contributed by atoms with Crippen LogP contribution in [0.3, 0.4) is 0 Å². The average molecular weight is 208 g/mol. The zero-order valence-corrected chi connectivity index (χ0v) is 10.4. The van der Waals surface area contributed by atoms with Gasteiger partial charge in [-0.2, -0.15) is 0 Å². The van der Waals surface area contributed by atoms with Crippen LogP contribution >= 0.6 is 0 Å². The molecule has 0 atom stereocenters. The van der Waals surface area contributed by atoms with Crippen molar-refractivity contribution in [2.75, 3.05) is 13.2 Å². The van der Waals surface area contributed by atoms with E-state index in [-0.39, 0.29) is 0 Å². The largest absolute Gasteiger partial charge is 0.379 e.